The lowest BCUT2D eigenvalue weighted by Crippen LogP contribution is -2.22. The predicted molar refractivity (Wildman–Crippen MR) is 117 cm³/mol. The molecular weight excluding hydrogens is 404 g/mol. The summed E-state index contributed by atoms with van der Waals surface area (Å²) in [5.41, 5.74) is 4.17. The molecule has 0 aliphatic carbocycles. The summed E-state index contributed by atoms with van der Waals surface area (Å²) in [4.78, 5) is 7.08. The van der Waals surface area contributed by atoms with Crippen LogP contribution in [0, 0.1) is 6.92 Å². The lowest BCUT2D eigenvalue weighted by Gasteiger charge is -2.18. The van der Waals surface area contributed by atoms with Crippen LogP contribution in [0.4, 0.5) is 5.95 Å². The third-order valence-electron chi connectivity index (χ3n) is 5.15. The maximum Gasteiger partial charge on any atom is 0.232 e. The van der Waals surface area contributed by atoms with Gasteiger partial charge in [-0.15, -0.1) is 10.2 Å². The minimum absolute atomic E-state index is 0.704. The number of hydrogen-bond acceptors (Lipinski definition) is 5. The van der Waals surface area contributed by atoms with Gasteiger partial charge in [-0.25, -0.2) is 4.98 Å². The van der Waals surface area contributed by atoms with Gasteiger partial charge in [0.25, 0.3) is 0 Å². The largest absolute Gasteiger partial charge is 0.341 e. The molecule has 0 N–H and O–H groups in total. The highest BCUT2D eigenvalue weighted by Crippen LogP contribution is 2.31. The van der Waals surface area contributed by atoms with E-state index in [0.29, 0.717) is 5.02 Å². The minimum atomic E-state index is 0.704. The van der Waals surface area contributed by atoms with Gasteiger partial charge in [0.15, 0.2) is 5.16 Å². The van der Waals surface area contributed by atoms with E-state index in [2.05, 4.69) is 43.3 Å². The highest BCUT2D eigenvalue weighted by atomic mass is 35.5. The SMILES string of the molecule is Cc1cccn2cc(CSc3nnc(N4CCCC4)n3-c3cccc(Cl)c3)nc12. The Balaban J connectivity index is 1.48. The smallest absolute Gasteiger partial charge is 0.232 e. The van der Waals surface area contributed by atoms with E-state index in [1.165, 1.54) is 18.4 Å². The number of rotatable bonds is 5. The van der Waals surface area contributed by atoms with Crippen molar-refractivity contribution in [1.82, 2.24) is 24.1 Å². The van der Waals surface area contributed by atoms with E-state index in [-0.39, 0.29) is 0 Å². The Kier molecular flexibility index (Phi) is 4.93. The molecule has 6 nitrogen and oxygen atoms in total. The topological polar surface area (TPSA) is 51.2 Å². The molecule has 29 heavy (non-hydrogen) atoms. The number of aromatic nitrogens is 5. The van der Waals surface area contributed by atoms with Crippen LogP contribution in [0.15, 0.2) is 53.9 Å². The molecule has 0 unspecified atom stereocenters. The van der Waals surface area contributed by atoms with E-state index >= 15 is 0 Å². The van der Waals surface area contributed by atoms with Gasteiger partial charge in [0.05, 0.1) is 11.4 Å². The average molecular weight is 425 g/mol. The molecule has 0 amide bonds. The van der Waals surface area contributed by atoms with Crippen molar-refractivity contribution in [3.63, 3.8) is 0 Å². The first-order valence-corrected chi connectivity index (χ1v) is 11.1. The fourth-order valence-electron chi connectivity index (χ4n) is 3.73. The third kappa shape index (κ3) is 3.60. The molecule has 4 heterocycles. The average Bonchev–Trinajstić information content (AvgIpc) is 3.45. The molecule has 1 fully saturated rings. The first kappa shape index (κ1) is 18.5. The summed E-state index contributed by atoms with van der Waals surface area (Å²) in [6, 6.07) is 12.0. The molecule has 0 radical (unpaired) electrons. The van der Waals surface area contributed by atoms with Crippen molar-refractivity contribution in [3.8, 4) is 5.69 Å². The number of nitrogens with zero attached hydrogens (tertiary/aromatic N) is 6. The number of thioether (sulfide) groups is 1. The summed E-state index contributed by atoms with van der Waals surface area (Å²) in [5, 5.41) is 10.6. The first-order chi connectivity index (χ1) is 14.2. The van der Waals surface area contributed by atoms with Gasteiger partial charge >= 0.3 is 0 Å². The molecule has 8 heteroatoms. The van der Waals surface area contributed by atoms with E-state index in [1.54, 1.807) is 11.8 Å². The zero-order valence-corrected chi connectivity index (χ0v) is 17.7. The Bertz CT molecular complexity index is 1160. The summed E-state index contributed by atoms with van der Waals surface area (Å²) in [7, 11) is 0. The third-order valence-corrected chi connectivity index (χ3v) is 6.35. The Morgan fingerprint density at radius 2 is 1.97 bits per heavy atom. The van der Waals surface area contributed by atoms with Crippen molar-refractivity contribution in [2.75, 3.05) is 18.0 Å². The van der Waals surface area contributed by atoms with E-state index < -0.39 is 0 Å². The van der Waals surface area contributed by atoms with Crippen molar-refractivity contribution in [2.24, 2.45) is 0 Å². The maximum absolute atomic E-state index is 6.27. The van der Waals surface area contributed by atoms with E-state index in [4.69, 9.17) is 16.6 Å². The van der Waals surface area contributed by atoms with Crippen LogP contribution in [0.2, 0.25) is 5.02 Å². The molecule has 1 aliphatic rings. The molecule has 148 valence electrons. The molecule has 4 aromatic rings. The highest BCUT2D eigenvalue weighted by molar-refractivity contribution is 7.98. The number of benzene rings is 1. The zero-order valence-electron chi connectivity index (χ0n) is 16.1. The Morgan fingerprint density at radius 1 is 1.10 bits per heavy atom. The van der Waals surface area contributed by atoms with Gasteiger partial charge in [-0.2, -0.15) is 0 Å². The van der Waals surface area contributed by atoms with Crippen LogP contribution in [0.3, 0.4) is 0 Å². The monoisotopic (exact) mass is 424 g/mol. The number of fused-ring (bicyclic) bond motifs is 1. The maximum atomic E-state index is 6.27. The summed E-state index contributed by atoms with van der Waals surface area (Å²) in [6.45, 7) is 4.10. The van der Waals surface area contributed by atoms with Crippen molar-refractivity contribution < 1.29 is 0 Å². The summed E-state index contributed by atoms with van der Waals surface area (Å²) < 4.78 is 4.19. The van der Waals surface area contributed by atoms with Crippen molar-refractivity contribution in [1.29, 1.82) is 0 Å². The Morgan fingerprint density at radius 3 is 2.76 bits per heavy atom. The first-order valence-electron chi connectivity index (χ1n) is 9.71. The van der Waals surface area contributed by atoms with Gasteiger partial charge in [0.2, 0.25) is 5.95 Å². The zero-order chi connectivity index (χ0) is 19.8. The lowest BCUT2D eigenvalue weighted by atomic mass is 10.3. The molecule has 1 aliphatic heterocycles. The molecule has 3 aromatic heterocycles. The second kappa shape index (κ2) is 7.72. The van der Waals surface area contributed by atoms with E-state index in [1.807, 2.05) is 36.5 Å². The Hall–Kier alpha value is -2.51. The lowest BCUT2D eigenvalue weighted by molar-refractivity contribution is 0.841. The quantitative estimate of drug-likeness (QED) is 0.432. The Labute approximate surface area is 178 Å². The van der Waals surface area contributed by atoms with Crippen LogP contribution >= 0.6 is 23.4 Å². The molecule has 1 saturated heterocycles. The fraction of sp³-hybridized carbons (Fsp3) is 0.286. The number of imidazole rings is 1. The molecule has 5 rings (SSSR count). The van der Waals surface area contributed by atoms with E-state index in [9.17, 15) is 0 Å². The van der Waals surface area contributed by atoms with Crippen LogP contribution in [-0.2, 0) is 5.75 Å². The molecule has 1 aromatic carbocycles. The van der Waals surface area contributed by atoms with Crippen LogP contribution in [0.5, 0.6) is 0 Å². The van der Waals surface area contributed by atoms with Crippen LogP contribution < -0.4 is 4.90 Å². The van der Waals surface area contributed by atoms with Gasteiger partial charge in [-0.05, 0) is 49.6 Å². The van der Waals surface area contributed by atoms with Gasteiger partial charge in [-0.3, -0.25) is 4.57 Å². The molecule has 0 bridgehead atoms. The van der Waals surface area contributed by atoms with Crippen LogP contribution in [0.1, 0.15) is 24.1 Å². The van der Waals surface area contributed by atoms with Crippen molar-refractivity contribution in [3.05, 3.63) is 65.1 Å². The summed E-state index contributed by atoms with van der Waals surface area (Å²) in [5.74, 6) is 1.61. The molecule has 0 atom stereocenters. The molecular formula is C21H21ClN6S. The summed E-state index contributed by atoms with van der Waals surface area (Å²) >= 11 is 7.92. The van der Waals surface area contributed by atoms with Crippen LogP contribution in [0.25, 0.3) is 11.3 Å². The summed E-state index contributed by atoms with van der Waals surface area (Å²) in [6.07, 6.45) is 6.48. The highest BCUT2D eigenvalue weighted by Gasteiger charge is 2.22. The fourth-order valence-corrected chi connectivity index (χ4v) is 4.75. The van der Waals surface area contributed by atoms with E-state index in [0.717, 1.165) is 47.0 Å². The second-order valence-electron chi connectivity index (χ2n) is 7.24. The van der Waals surface area contributed by atoms with Crippen LogP contribution in [-0.4, -0.2) is 37.2 Å². The van der Waals surface area contributed by atoms with Crippen molar-refractivity contribution >= 4 is 35.0 Å². The normalized spacial score (nSPS) is 14.2. The predicted octanol–water partition coefficient (Wildman–Crippen LogP) is 4.77. The number of pyridine rings is 1. The standard InChI is InChI=1S/C21H21ClN6S/c1-15-6-5-11-27-13-17(23-19(15)27)14-29-21-25-24-20(26-9-2-3-10-26)28(21)18-8-4-7-16(22)12-18/h4-8,11-13H,2-3,9-10,14H2,1H3. The molecule has 0 saturated carbocycles. The second-order valence-corrected chi connectivity index (χ2v) is 8.61. The number of anilines is 1. The number of halogens is 1. The van der Waals surface area contributed by atoms with Gasteiger partial charge in [0.1, 0.15) is 5.65 Å². The molecule has 0 spiro atoms. The van der Waals surface area contributed by atoms with Gasteiger partial charge in [-0.1, -0.05) is 35.5 Å². The van der Waals surface area contributed by atoms with Crippen molar-refractivity contribution in [2.45, 2.75) is 30.7 Å². The van der Waals surface area contributed by atoms with Gasteiger partial charge < -0.3 is 9.30 Å². The van der Waals surface area contributed by atoms with Gasteiger partial charge in [0, 0.05) is 36.3 Å². The number of aryl methyl sites for hydroxylation is 1. The minimum Gasteiger partial charge on any atom is -0.341 e. The number of hydrogen-bond donors (Lipinski definition) is 0.